The van der Waals surface area contributed by atoms with Gasteiger partial charge >= 0.3 is 11.9 Å². The molecule has 0 unspecified atom stereocenters. The van der Waals surface area contributed by atoms with Crippen LogP contribution in [0, 0.1) is 0 Å². The minimum atomic E-state index is -1.78. The van der Waals surface area contributed by atoms with Gasteiger partial charge in [-0.3, -0.25) is 4.79 Å². The Morgan fingerprint density at radius 3 is 1.77 bits per heavy atom. The van der Waals surface area contributed by atoms with Crippen molar-refractivity contribution >= 4 is 17.7 Å². The molecule has 72 valence electrons. The van der Waals surface area contributed by atoms with Crippen LogP contribution >= 0.6 is 0 Å². The zero-order valence-corrected chi connectivity index (χ0v) is 7.14. The fourth-order valence-electron chi connectivity index (χ4n) is 0.584. The number of hydrogen-bond acceptors (Lipinski definition) is 4. The molecule has 0 radical (unpaired) electrons. The Bertz CT molecular complexity index is 279. The third kappa shape index (κ3) is 3.37. The molecule has 0 aliphatic carbocycles. The van der Waals surface area contributed by atoms with E-state index in [1.807, 2.05) is 0 Å². The van der Waals surface area contributed by atoms with Crippen LogP contribution in [-0.2, 0) is 14.4 Å². The minimum Gasteiger partial charge on any atom is -0.477 e. The van der Waals surface area contributed by atoms with Crippen molar-refractivity contribution < 1.29 is 24.6 Å². The second kappa shape index (κ2) is 4.24. The molecule has 0 aliphatic rings. The van der Waals surface area contributed by atoms with Crippen molar-refractivity contribution in [1.29, 1.82) is 0 Å². The number of Topliss-reactive ketones (excluding diaryl/α,β-unsaturated/α-hetero) is 1. The average Bonchev–Trinajstić information content (AvgIpc) is 1.97. The maximum absolute atomic E-state index is 10.7. The lowest BCUT2D eigenvalue weighted by atomic mass is 10.2. The number of ketones is 1. The van der Waals surface area contributed by atoms with E-state index in [-0.39, 0.29) is 0 Å². The average molecular weight is 187 g/mol. The van der Waals surface area contributed by atoms with Crippen molar-refractivity contribution in [3.8, 4) is 0 Å². The number of carboxylic acids is 2. The van der Waals surface area contributed by atoms with Crippen molar-refractivity contribution in [2.24, 2.45) is 0 Å². The van der Waals surface area contributed by atoms with Crippen LogP contribution in [0.25, 0.3) is 0 Å². The van der Waals surface area contributed by atoms with Gasteiger partial charge < -0.3 is 15.1 Å². The van der Waals surface area contributed by atoms with Gasteiger partial charge in [0.15, 0.2) is 0 Å². The summed E-state index contributed by atoms with van der Waals surface area (Å²) in [4.78, 5) is 32.6. The first kappa shape index (κ1) is 11.2. The summed E-state index contributed by atoms with van der Waals surface area (Å²) in [5.41, 5.74) is -0.766. The van der Waals surface area contributed by atoms with Gasteiger partial charge in [0.1, 0.15) is 5.57 Å². The van der Waals surface area contributed by atoms with E-state index in [0.29, 0.717) is 0 Å². The van der Waals surface area contributed by atoms with Crippen LogP contribution < -0.4 is 0 Å². The van der Waals surface area contributed by atoms with Crippen molar-refractivity contribution in [3.63, 3.8) is 0 Å². The zero-order valence-electron chi connectivity index (χ0n) is 7.14. The van der Waals surface area contributed by atoms with Crippen LogP contribution in [0.1, 0.15) is 0 Å². The van der Waals surface area contributed by atoms with Gasteiger partial charge in [0.05, 0.1) is 0 Å². The lowest BCUT2D eigenvalue weighted by Gasteiger charge is -2.05. The second-order valence-corrected chi connectivity index (χ2v) is 2.45. The van der Waals surface area contributed by atoms with Crippen LogP contribution in [0.2, 0.25) is 0 Å². The summed E-state index contributed by atoms with van der Waals surface area (Å²) in [6, 6.07) is 0. The predicted molar refractivity (Wildman–Crippen MR) is 42.0 cm³/mol. The molecule has 0 fully saturated rings. The number of carbonyl (C=O) groups is 3. The number of rotatable bonds is 4. The summed E-state index contributed by atoms with van der Waals surface area (Å²) >= 11 is 0. The molecule has 0 saturated heterocycles. The number of hydrogen-bond donors (Lipinski definition) is 2. The number of carboxylic acid groups (broad SMARTS) is 2. The highest BCUT2D eigenvalue weighted by atomic mass is 16.4. The van der Waals surface area contributed by atoms with Crippen molar-refractivity contribution in [2.45, 2.75) is 0 Å². The number of aliphatic carboxylic acids is 2. The maximum Gasteiger partial charge on any atom is 0.377 e. The first-order valence-electron chi connectivity index (χ1n) is 3.25. The SMILES string of the molecule is CN(C)C=C(C(=O)O)C(=O)C(=O)O. The minimum absolute atomic E-state index is 0.766. The fraction of sp³-hybridized carbons (Fsp3) is 0.286. The molecule has 0 aliphatic heterocycles. The van der Waals surface area contributed by atoms with E-state index in [2.05, 4.69) is 0 Å². The van der Waals surface area contributed by atoms with Gasteiger partial charge in [-0.05, 0) is 0 Å². The molecule has 0 rings (SSSR count). The smallest absolute Gasteiger partial charge is 0.377 e. The lowest BCUT2D eigenvalue weighted by Crippen LogP contribution is -2.22. The molecule has 6 nitrogen and oxygen atoms in total. The van der Waals surface area contributed by atoms with Gasteiger partial charge in [0.2, 0.25) is 0 Å². The summed E-state index contributed by atoms with van der Waals surface area (Å²) in [6.45, 7) is 0. The normalized spacial score (nSPS) is 10.8. The molecular weight excluding hydrogens is 178 g/mol. The summed E-state index contributed by atoms with van der Waals surface area (Å²) in [7, 11) is 2.97. The molecule has 0 heterocycles. The number of nitrogens with zero attached hydrogens (tertiary/aromatic N) is 1. The monoisotopic (exact) mass is 187 g/mol. The molecule has 0 saturated carbocycles. The highest BCUT2D eigenvalue weighted by molar-refractivity contribution is 6.45. The van der Waals surface area contributed by atoms with Gasteiger partial charge in [-0.15, -0.1) is 0 Å². The van der Waals surface area contributed by atoms with Gasteiger partial charge in [-0.1, -0.05) is 0 Å². The van der Waals surface area contributed by atoms with Crippen LogP contribution in [0.5, 0.6) is 0 Å². The predicted octanol–water partition coefficient (Wildman–Crippen LogP) is -0.830. The van der Waals surface area contributed by atoms with Crippen LogP contribution in [0.3, 0.4) is 0 Å². The topological polar surface area (TPSA) is 94.9 Å². The molecule has 0 aromatic heterocycles. The van der Waals surface area contributed by atoms with Gasteiger partial charge in [0.25, 0.3) is 5.78 Å². The molecule has 0 aromatic rings. The van der Waals surface area contributed by atoms with E-state index < -0.39 is 23.3 Å². The lowest BCUT2D eigenvalue weighted by molar-refractivity contribution is -0.149. The highest BCUT2D eigenvalue weighted by Gasteiger charge is 2.23. The molecule has 6 heteroatoms. The van der Waals surface area contributed by atoms with Gasteiger partial charge in [0, 0.05) is 20.3 Å². The highest BCUT2D eigenvalue weighted by Crippen LogP contribution is 1.98. The number of carbonyl (C=O) groups excluding carboxylic acids is 1. The van der Waals surface area contributed by atoms with E-state index in [9.17, 15) is 14.4 Å². The Morgan fingerprint density at radius 1 is 1.08 bits per heavy atom. The Kier molecular flexibility index (Phi) is 3.64. The molecule has 0 amide bonds. The van der Waals surface area contributed by atoms with E-state index in [1.54, 1.807) is 0 Å². The Morgan fingerprint density at radius 2 is 1.54 bits per heavy atom. The van der Waals surface area contributed by atoms with E-state index in [4.69, 9.17) is 10.2 Å². The van der Waals surface area contributed by atoms with Gasteiger partial charge in [-0.2, -0.15) is 0 Å². The van der Waals surface area contributed by atoms with E-state index in [0.717, 1.165) is 6.20 Å². The van der Waals surface area contributed by atoms with Crippen molar-refractivity contribution in [1.82, 2.24) is 4.90 Å². The molecule has 0 spiro atoms. The van der Waals surface area contributed by atoms with Crippen LogP contribution in [0.15, 0.2) is 11.8 Å². The molecule has 13 heavy (non-hydrogen) atoms. The third-order valence-corrected chi connectivity index (χ3v) is 1.06. The third-order valence-electron chi connectivity index (χ3n) is 1.06. The largest absolute Gasteiger partial charge is 0.477 e. The van der Waals surface area contributed by atoms with Crippen molar-refractivity contribution in [2.75, 3.05) is 14.1 Å². The molecule has 0 atom stereocenters. The first-order chi connectivity index (χ1) is 5.86. The van der Waals surface area contributed by atoms with E-state index in [1.165, 1.54) is 19.0 Å². The van der Waals surface area contributed by atoms with Gasteiger partial charge in [-0.25, -0.2) is 9.59 Å². The Labute approximate surface area is 74.1 Å². The fourth-order valence-corrected chi connectivity index (χ4v) is 0.584. The zero-order chi connectivity index (χ0) is 10.6. The molecular formula is C7H9NO5. The maximum atomic E-state index is 10.7. The molecule has 0 aromatic carbocycles. The second-order valence-electron chi connectivity index (χ2n) is 2.45. The van der Waals surface area contributed by atoms with Crippen molar-refractivity contribution in [3.05, 3.63) is 11.8 Å². The van der Waals surface area contributed by atoms with Crippen LogP contribution in [-0.4, -0.2) is 46.9 Å². The standard InChI is InChI=1S/C7H9NO5/c1-8(2)3-4(6(10)11)5(9)7(12)13/h3H,1-2H3,(H,10,11)(H,12,13). The summed E-state index contributed by atoms with van der Waals surface area (Å²) < 4.78 is 0. The van der Waals surface area contributed by atoms with Crippen LogP contribution in [0.4, 0.5) is 0 Å². The summed E-state index contributed by atoms with van der Waals surface area (Å²) in [5.74, 6) is -4.77. The first-order valence-corrected chi connectivity index (χ1v) is 3.25. The molecule has 2 N–H and O–H groups in total. The Hall–Kier alpha value is -1.85. The quantitative estimate of drug-likeness (QED) is 0.258. The summed E-state index contributed by atoms with van der Waals surface area (Å²) in [5, 5.41) is 16.7. The van der Waals surface area contributed by atoms with E-state index >= 15 is 0 Å². The Balaban J connectivity index is 4.94. The molecule has 0 bridgehead atoms. The summed E-state index contributed by atoms with van der Waals surface area (Å²) in [6.07, 6.45) is 0.943.